The first-order valence-corrected chi connectivity index (χ1v) is 8.44. The molecule has 2 heterocycles. The lowest BCUT2D eigenvalue weighted by atomic mass is 10.2. The molecule has 3 amide bonds. The molecule has 0 bridgehead atoms. The maximum Gasteiger partial charge on any atom is 0.321 e. The molecule has 0 unspecified atom stereocenters. The van der Waals surface area contributed by atoms with Crippen molar-refractivity contribution in [3.8, 4) is 0 Å². The standard InChI is InChI=1S/C15H17F2N3O2S/c16-13(17)8-20-11-7-10(3-4-12(11)23-9-14(20)21)18-15(22)19-5-1-2-6-19/h3-4,7,13H,1-2,5-6,8-9H2,(H,18,22). The van der Waals surface area contributed by atoms with Crippen LogP contribution in [0.15, 0.2) is 23.1 Å². The zero-order chi connectivity index (χ0) is 16.4. The highest BCUT2D eigenvalue weighted by Gasteiger charge is 2.27. The lowest BCUT2D eigenvalue weighted by Crippen LogP contribution is -2.39. The number of fused-ring (bicyclic) bond motifs is 1. The van der Waals surface area contributed by atoms with Crippen LogP contribution in [0.1, 0.15) is 12.8 Å². The molecule has 5 nitrogen and oxygen atoms in total. The summed E-state index contributed by atoms with van der Waals surface area (Å²) in [6, 6.07) is 4.88. The van der Waals surface area contributed by atoms with Gasteiger partial charge in [0.15, 0.2) is 0 Å². The number of rotatable bonds is 3. The van der Waals surface area contributed by atoms with E-state index < -0.39 is 13.0 Å². The van der Waals surface area contributed by atoms with E-state index in [4.69, 9.17) is 0 Å². The van der Waals surface area contributed by atoms with Crippen molar-refractivity contribution in [3.05, 3.63) is 18.2 Å². The monoisotopic (exact) mass is 341 g/mol. The van der Waals surface area contributed by atoms with Gasteiger partial charge in [-0.1, -0.05) is 0 Å². The summed E-state index contributed by atoms with van der Waals surface area (Å²) in [5.74, 6) is -0.190. The second-order valence-corrected chi connectivity index (χ2v) is 6.51. The molecular weight excluding hydrogens is 324 g/mol. The third-order valence-corrected chi connectivity index (χ3v) is 4.91. The van der Waals surface area contributed by atoms with Crippen molar-refractivity contribution in [3.63, 3.8) is 0 Å². The first-order valence-electron chi connectivity index (χ1n) is 7.46. The number of anilines is 2. The van der Waals surface area contributed by atoms with Gasteiger partial charge in [-0.3, -0.25) is 4.79 Å². The van der Waals surface area contributed by atoms with Gasteiger partial charge in [-0.05, 0) is 31.0 Å². The second kappa shape index (κ2) is 6.74. The molecule has 1 fully saturated rings. The number of hydrogen-bond donors (Lipinski definition) is 1. The molecule has 3 rings (SSSR count). The van der Waals surface area contributed by atoms with Gasteiger partial charge in [0.1, 0.15) is 0 Å². The molecule has 2 aliphatic rings. The van der Waals surface area contributed by atoms with Crippen LogP contribution < -0.4 is 10.2 Å². The second-order valence-electron chi connectivity index (χ2n) is 5.49. The molecule has 1 saturated heterocycles. The van der Waals surface area contributed by atoms with E-state index in [2.05, 4.69) is 5.32 Å². The maximum absolute atomic E-state index is 12.7. The summed E-state index contributed by atoms with van der Waals surface area (Å²) in [7, 11) is 0. The van der Waals surface area contributed by atoms with Crippen molar-refractivity contribution < 1.29 is 18.4 Å². The summed E-state index contributed by atoms with van der Waals surface area (Å²) in [4.78, 5) is 27.6. The number of amides is 3. The molecule has 124 valence electrons. The largest absolute Gasteiger partial charge is 0.325 e. The van der Waals surface area contributed by atoms with Crippen LogP contribution in [0, 0.1) is 0 Å². The molecule has 1 N–H and O–H groups in total. The number of hydrogen-bond acceptors (Lipinski definition) is 3. The maximum atomic E-state index is 12.7. The Labute approximate surface area is 137 Å². The molecule has 8 heteroatoms. The van der Waals surface area contributed by atoms with Gasteiger partial charge in [-0.2, -0.15) is 0 Å². The minimum atomic E-state index is -2.60. The van der Waals surface area contributed by atoms with Crippen molar-refractivity contribution in [2.75, 3.05) is 35.6 Å². The summed E-state index contributed by atoms with van der Waals surface area (Å²) >= 11 is 1.32. The molecule has 0 atom stereocenters. The molecular formula is C15H17F2N3O2S. The average molecular weight is 341 g/mol. The van der Waals surface area contributed by atoms with Gasteiger partial charge in [0.25, 0.3) is 6.43 Å². The van der Waals surface area contributed by atoms with E-state index in [1.165, 1.54) is 11.8 Å². The van der Waals surface area contributed by atoms with Crippen LogP contribution in [0.5, 0.6) is 0 Å². The number of urea groups is 1. The normalized spacial score (nSPS) is 17.6. The Hall–Kier alpha value is -1.83. The van der Waals surface area contributed by atoms with E-state index in [0.29, 0.717) is 11.4 Å². The number of nitrogens with one attached hydrogen (secondary N) is 1. The molecule has 0 aromatic heterocycles. The zero-order valence-corrected chi connectivity index (χ0v) is 13.2. The molecule has 0 saturated carbocycles. The highest BCUT2D eigenvalue weighted by Crippen LogP contribution is 2.37. The minimum Gasteiger partial charge on any atom is -0.325 e. The number of halogens is 2. The first kappa shape index (κ1) is 16.0. The van der Waals surface area contributed by atoms with Gasteiger partial charge in [-0.25, -0.2) is 13.6 Å². The Morgan fingerprint density at radius 2 is 2.04 bits per heavy atom. The summed E-state index contributed by atoms with van der Waals surface area (Å²) in [6.07, 6.45) is -0.617. The minimum absolute atomic E-state index is 0.152. The van der Waals surface area contributed by atoms with E-state index in [9.17, 15) is 18.4 Å². The van der Waals surface area contributed by atoms with E-state index >= 15 is 0 Å². The Morgan fingerprint density at radius 1 is 1.30 bits per heavy atom. The van der Waals surface area contributed by atoms with Crippen molar-refractivity contribution in [2.45, 2.75) is 24.2 Å². The van der Waals surface area contributed by atoms with Crippen LogP contribution in [-0.4, -0.2) is 48.7 Å². The number of benzene rings is 1. The average Bonchev–Trinajstić information content (AvgIpc) is 3.04. The molecule has 0 aliphatic carbocycles. The Balaban J connectivity index is 1.80. The summed E-state index contributed by atoms with van der Waals surface area (Å²) in [5, 5.41) is 2.77. The predicted octanol–water partition coefficient (Wildman–Crippen LogP) is 3.02. The quantitative estimate of drug-likeness (QED) is 0.919. The van der Waals surface area contributed by atoms with Gasteiger partial charge >= 0.3 is 6.03 Å². The predicted molar refractivity (Wildman–Crippen MR) is 85.3 cm³/mol. The van der Waals surface area contributed by atoms with Crippen LogP contribution in [-0.2, 0) is 4.79 Å². The Kier molecular flexibility index (Phi) is 4.70. The summed E-state index contributed by atoms with van der Waals surface area (Å²) in [6.45, 7) is 0.821. The van der Waals surface area contributed by atoms with Gasteiger partial charge in [0.2, 0.25) is 5.91 Å². The summed E-state index contributed by atoms with van der Waals surface area (Å²) in [5.41, 5.74) is 0.945. The molecule has 0 spiro atoms. The van der Waals surface area contributed by atoms with E-state index in [1.807, 2.05) is 0 Å². The number of thioether (sulfide) groups is 1. The van der Waals surface area contributed by atoms with Crippen LogP contribution in [0.2, 0.25) is 0 Å². The van der Waals surface area contributed by atoms with Crippen LogP contribution in [0.3, 0.4) is 0 Å². The topological polar surface area (TPSA) is 52.7 Å². The fourth-order valence-electron chi connectivity index (χ4n) is 2.74. The van der Waals surface area contributed by atoms with Gasteiger partial charge in [-0.15, -0.1) is 11.8 Å². The number of likely N-dealkylation sites (tertiary alicyclic amines) is 1. The third-order valence-electron chi connectivity index (χ3n) is 3.87. The SMILES string of the molecule is O=C(Nc1ccc2c(c1)N(CC(F)F)C(=O)CS2)N1CCCC1. The lowest BCUT2D eigenvalue weighted by molar-refractivity contribution is -0.116. The molecule has 2 aliphatic heterocycles. The Bertz CT molecular complexity index is 621. The number of nitrogens with zero attached hydrogens (tertiary/aromatic N) is 2. The molecule has 1 aromatic rings. The van der Waals surface area contributed by atoms with Crippen LogP contribution in [0.25, 0.3) is 0 Å². The zero-order valence-electron chi connectivity index (χ0n) is 12.4. The van der Waals surface area contributed by atoms with Crippen molar-refractivity contribution in [2.24, 2.45) is 0 Å². The fraction of sp³-hybridized carbons (Fsp3) is 0.467. The third kappa shape index (κ3) is 3.57. The van der Waals surface area contributed by atoms with Gasteiger partial charge < -0.3 is 15.1 Å². The van der Waals surface area contributed by atoms with Crippen molar-refractivity contribution in [1.29, 1.82) is 0 Å². The summed E-state index contributed by atoms with van der Waals surface area (Å²) < 4.78 is 25.4. The fourth-order valence-corrected chi connectivity index (χ4v) is 3.66. The van der Waals surface area contributed by atoms with E-state index in [-0.39, 0.29) is 17.7 Å². The lowest BCUT2D eigenvalue weighted by Gasteiger charge is -2.29. The smallest absolute Gasteiger partial charge is 0.321 e. The van der Waals surface area contributed by atoms with Crippen LogP contribution >= 0.6 is 11.8 Å². The highest BCUT2D eigenvalue weighted by atomic mass is 32.2. The Morgan fingerprint density at radius 3 is 2.74 bits per heavy atom. The van der Waals surface area contributed by atoms with E-state index in [1.54, 1.807) is 23.1 Å². The molecule has 1 aromatic carbocycles. The number of carbonyl (C=O) groups excluding carboxylic acids is 2. The van der Waals surface area contributed by atoms with Gasteiger partial charge in [0, 0.05) is 23.7 Å². The first-order chi connectivity index (χ1) is 11.0. The van der Waals surface area contributed by atoms with Crippen LogP contribution in [0.4, 0.5) is 25.0 Å². The van der Waals surface area contributed by atoms with Crippen molar-refractivity contribution >= 4 is 35.1 Å². The molecule has 0 radical (unpaired) electrons. The van der Waals surface area contributed by atoms with Gasteiger partial charge in [0.05, 0.1) is 18.0 Å². The highest BCUT2D eigenvalue weighted by molar-refractivity contribution is 8.00. The van der Waals surface area contributed by atoms with Crippen molar-refractivity contribution in [1.82, 2.24) is 4.90 Å². The number of alkyl halides is 2. The number of carbonyl (C=O) groups is 2. The van der Waals surface area contributed by atoms with E-state index in [0.717, 1.165) is 35.7 Å². The molecule has 23 heavy (non-hydrogen) atoms.